The van der Waals surface area contributed by atoms with Gasteiger partial charge in [-0.2, -0.15) is 0 Å². The summed E-state index contributed by atoms with van der Waals surface area (Å²) >= 11 is 1.76. The Bertz CT molecular complexity index is 448. The number of halogens is 4. The van der Waals surface area contributed by atoms with Crippen LogP contribution >= 0.6 is 22.6 Å². The fraction of sp³-hybridized carbons (Fsp3) is 0.333. The summed E-state index contributed by atoms with van der Waals surface area (Å²) in [7, 11) is 0. The Morgan fingerprint density at radius 3 is 2.65 bits per heavy atom. The second-order valence-corrected chi connectivity index (χ2v) is 4.24. The van der Waals surface area contributed by atoms with Crippen LogP contribution in [-0.2, 0) is 11.2 Å². The molecule has 1 N–H and O–H groups in total. The van der Waals surface area contributed by atoms with Gasteiger partial charge in [-0.15, -0.1) is 13.2 Å². The van der Waals surface area contributed by atoms with Gasteiger partial charge in [-0.05, 0) is 35.1 Å². The Morgan fingerprint density at radius 2 is 2.18 bits per heavy atom. The summed E-state index contributed by atoms with van der Waals surface area (Å²) in [5.41, 5.74) is 0.520. The zero-order valence-electron chi connectivity index (χ0n) is 8.51. The second kappa shape index (κ2) is 5.07. The third kappa shape index (κ3) is 4.02. The zero-order valence-corrected chi connectivity index (χ0v) is 10.7. The Kier molecular flexibility index (Phi) is 4.17. The van der Waals surface area contributed by atoms with Crippen LogP contribution in [0.5, 0.6) is 5.88 Å². The summed E-state index contributed by atoms with van der Waals surface area (Å²) in [5, 5.41) is 8.64. The topological polar surface area (TPSA) is 59.4 Å². The third-order valence-corrected chi connectivity index (χ3v) is 3.29. The van der Waals surface area contributed by atoms with E-state index in [0.29, 0.717) is 9.13 Å². The van der Waals surface area contributed by atoms with Gasteiger partial charge >= 0.3 is 12.3 Å². The van der Waals surface area contributed by atoms with E-state index in [1.54, 1.807) is 29.5 Å². The summed E-state index contributed by atoms with van der Waals surface area (Å²) < 4.78 is 40.3. The number of ether oxygens (including phenoxy) is 1. The van der Waals surface area contributed by atoms with Crippen LogP contribution in [0.25, 0.3) is 0 Å². The van der Waals surface area contributed by atoms with Crippen molar-refractivity contribution in [2.24, 2.45) is 0 Å². The van der Waals surface area contributed by atoms with Gasteiger partial charge in [0.15, 0.2) is 0 Å². The van der Waals surface area contributed by atoms with Crippen LogP contribution in [0.15, 0.2) is 6.20 Å². The van der Waals surface area contributed by atoms with Gasteiger partial charge in [0.05, 0.1) is 6.42 Å². The van der Waals surface area contributed by atoms with E-state index >= 15 is 0 Å². The number of aromatic nitrogens is 1. The average molecular weight is 361 g/mol. The van der Waals surface area contributed by atoms with Crippen molar-refractivity contribution >= 4 is 28.6 Å². The molecule has 0 aliphatic carbocycles. The fourth-order valence-electron chi connectivity index (χ4n) is 1.12. The number of carboxylic acids is 1. The molecule has 0 saturated heterocycles. The number of rotatable bonds is 3. The Balaban J connectivity index is 3.20. The lowest BCUT2D eigenvalue weighted by Gasteiger charge is -2.13. The quantitative estimate of drug-likeness (QED) is 0.841. The van der Waals surface area contributed by atoms with E-state index in [4.69, 9.17) is 5.11 Å². The van der Waals surface area contributed by atoms with Crippen LogP contribution in [0.1, 0.15) is 11.1 Å². The van der Waals surface area contributed by atoms with Crippen LogP contribution < -0.4 is 4.74 Å². The standard InChI is InChI=1S/C9H7F3INO3/c1-4-3-14-8(17-9(10,11)12)5(7(4)13)2-6(15)16/h3H,2H2,1H3,(H,15,16). The van der Waals surface area contributed by atoms with Crippen molar-refractivity contribution in [3.05, 3.63) is 20.9 Å². The lowest BCUT2D eigenvalue weighted by Crippen LogP contribution is -2.20. The molecule has 0 bridgehead atoms. The molecule has 0 radical (unpaired) electrons. The number of alkyl halides is 3. The van der Waals surface area contributed by atoms with Crippen molar-refractivity contribution in [3.63, 3.8) is 0 Å². The number of nitrogens with zero attached hydrogens (tertiary/aromatic N) is 1. The number of aryl methyl sites for hydroxylation is 1. The predicted molar refractivity (Wildman–Crippen MR) is 59.7 cm³/mol. The molecule has 0 atom stereocenters. The van der Waals surface area contributed by atoms with Crippen LogP contribution in [-0.4, -0.2) is 22.4 Å². The molecule has 1 heterocycles. The summed E-state index contributed by atoms with van der Waals surface area (Å²) in [4.78, 5) is 14.0. The minimum Gasteiger partial charge on any atom is -0.481 e. The Labute approximate surface area is 108 Å². The van der Waals surface area contributed by atoms with Crippen molar-refractivity contribution in [2.45, 2.75) is 19.7 Å². The molecular formula is C9H7F3INO3. The molecule has 0 spiro atoms. The van der Waals surface area contributed by atoms with Gasteiger partial charge in [0.2, 0.25) is 5.88 Å². The molecule has 8 heteroatoms. The van der Waals surface area contributed by atoms with Crippen LogP contribution in [0.2, 0.25) is 0 Å². The van der Waals surface area contributed by atoms with Gasteiger partial charge in [-0.1, -0.05) is 0 Å². The number of hydrogen-bond acceptors (Lipinski definition) is 3. The molecule has 0 fully saturated rings. The summed E-state index contributed by atoms with van der Waals surface area (Å²) in [6.07, 6.45) is -4.26. The molecule has 1 rings (SSSR count). The van der Waals surface area contributed by atoms with E-state index in [1.165, 1.54) is 6.20 Å². The predicted octanol–water partition coefficient (Wildman–Crippen LogP) is 2.52. The van der Waals surface area contributed by atoms with Gasteiger partial charge in [-0.3, -0.25) is 4.79 Å². The average Bonchev–Trinajstić information content (AvgIpc) is 2.15. The summed E-state index contributed by atoms with van der Waals surface area (Å²) in [6.45, 7) is 1.62. The highest BCUT2D eigenvalue weighted by molar-refractivity contribution is 14.1. The van der Waals surface area contributed by atoms with E-state index in [1.807, 2.05) is 0 Å². The maximum absolute atomic E-state index is 12.1. The Morgan fingerprint density at radius 1 is 1.59 bits per heavy atom. The molecule has 0 aliphatic heterocycles. The monoisotopic (exact) mass is 361 g/mol. The molecule has 0 aliphatic rings. The highest BCUT2D eigenvalue weighted by Crippen LogP contribution is 2.29. The number of aliphatic carboxylic acids is 1. The number of hydrogen-bond donors (Lipinski definition) is 1. The van der Waals surface area contributed by atoms with Crippen LogP contribution in [0, 0.1) is 10.5 Å². The van der Waals surface area contributed by atoms with E-state index in [0.717, 1.165) is 0 Å². The van der Waals surface area contributed by atoms with Gasteiger partial charge in [-0.25, -0.2) is 4.98 Å². The first-order chi connectivity index (χ1) is 7.70. The van der Waals surface area contributed by atoms with Crippen molar-refractivity contribution in [3.8, 4) is 5.88 Å². The molecule has 0 aromatic carbocycles. The first-order valence-electron chi connectivity index (χ1n) is 4.32. The van der Waals surface area contributed by atoms with Gasteiger partial charge in [0.25, 0.3) is 0 Å². The summed E-state index contributed by atoms with van der Waals surface area (Å²) in [5.74, 6) is -1.96. The smallest absolute Gasteiger partial charge is 0.481 e. The first kappa shape index (κ1) is 14.0. The first-order valence-corrected chi connectivity index (χ1v) is 5.40. The second-order valence-electron chi connectivity index (χ2n) is 3.16. The van der Waals surface area contributed by atoms with Gasteiger partial charge in [0, 0.05) is 15.3 Å². The lowest BCUT2D eigenvalue weighted by molar-refractivity contribution is -0.276. The molecule has 0 amide bonds. The maximum atomic E-state index is 12.1. The SMILES string of the molecule is Cc1cnc(OC(F)(F)F)c(CC(=O)O)c1I. The van der Waals surface area contributed by atoms with E-state index in [2.05, 4.69) is 9.72 Å². The van der Waals surface area contributed by atoms with Crippen molar-refractivity contribution in [2.75, 3.05) is 0 Å². The number of pyridine rings is 1. The lowest BCUT2D eigenvalue weighted by atomic mass is 10.1. The van der Waals surface area contributed by atoms with Gasteiger partial charge in [0.1, 0.15) is 0 Å². The molecule has 1 aromatic heterocycles. The van der Waals surface area contributed by atoms with E-state index < -0.39 is 24.6 Å². The molecule has 17 heavy (non-hydrogen) atoms. The van der Waals surface area contributed by atoms with E-state index in [-0.39, 0.29) is 5.56 Å². The number of carboxylic acid groups (broad SMARTS) is 1. The molecule has 0 unspecified atom stereocenters. The Hall–Kier alpha value is -1.06. The van der Waals surface area contributed by atoms with Crippen LogP contribution in [0.3, 0.4) is 0 Å². The molecule has 1 aromatic rings. The molecule has 4 nitrogen and oxygen atoms in total. The molecule has 94 valence electrons. The normalized spacial score (nSPS) is 11.4. The van der Waals surface area contributed by atoms with Crippen molar-refractivity contribution in [1.82, 2.24) is 4.98 Å². The number of carbonyl (C=O) groups is 1. The minimum atomic E-state index is -4.89. The molecule has 0 saturated carbocycles. The summed E-state index contributed by atoms with van der Waals surface area (Å²) in [6, 6.07) is 0. The van der Waals surface area contributed by atoms with Gasteiger partial charge < -0.3 is 9.84 Å². The third-order valence-electron chi connectivity index (χ3n) is 1.79. The zero-order chi connectivity index (χ0) is 13.2. The maximum Gasteiger partial charge on any atom is 0.574 e. The van der Waals surface area contributed by atoms with Crippen LogP contribution in [0.4, 0.5) is 13.2 Å². The highest BCUT2D eigenvalue weighted by Gasteiger charge is 2.33. The minimum absolute atomic E-state index is 0.0737. The molecular weight excluding hydrogens is 354 g/mol. The van der Waals surface area contributed by atoms with Crippen molar-refractivity contribution < 1.29 is 27.8 Å². The fourth-order valence-corrected chi connectivity index (χ4v) is 1.68. The van der Waals surface area contributed by atoms with Crippen molar-refractivity contribution in [1.29, 1.82) is 0 Å². The van der Waals surface area contributed by atoms with E-state index in [9.17, 15) is 18.0 Å². The highest BCUT2D eigenvalue weighted by atomic mass is 127. The largest absolute Gasteiger partial charge is 0.574 e.